The quantitative estimate of drug-likeness (QED) is 0.459. The number of hydrogen-bond donors (Lipinski definition) is 1. The van der Waals surface area contributed by atoms with E-state index in [1.807, 2.05) is 80.6 Å². The number of carbonyl (C=O) groups excluding carboxylic acids is 1. The van der Waals surface area contributed by atoms with Crippen LogP contribution in [0.2, 0.25) is 0 Å². The maximum atomic E-state index is 12.0. The van der Waals surface area contributed by atoms with Crippen molar-refractivity contribution < 1.29 is 9.53 Å². The second-order valence-electron chi connectivity index (χ2n) is 6.81. The van der Waals surface area contributed by atoms with Gasteiger partial charge in [-0.25, -0.2) is 0 Å². The van der Waals surface area contributed by atoms with Crippen LogP contribution in [0.4, 0.5) is 5.69 Å². The average molecular weight is 382 g/mol. The summed E-state index contributed by atoms with van der Waals surface area (Å²) in [5.74, 6) is 0.374. The Hall–Kier alpha value is -3.84. The maximum absolute atomic E-state index is 12.0. The minimum Gasteiger partial charge on any atom is -0.484 e. The molecule has 3 aromatic rings. The van der Waals surface area contributed by atoms with E-state index in [1.165, 1.54) is 0 Å². The zero-order valence-corrected chi connectivity index (χ0v) is 16.5. The first kappa shape index (κ1) is 19.9. The molecule has 29 heavy (non-hydrogen) atoms. The Kier molecular flexibility index (Phi) is 6.44. The molecule has 1 N–H and O–H groups in total. The minimum absolute atomic E-state index is 0.0735. The molecule has 0 radical (unpaired) electrons. The van der Waals surface area contributed by atoms with Crippen molar-refractivity contribution in [3.63, 3.8) is 0 Å². The molecule has 0 unspecified atom stereocenters. The molecule has 4 nitrogen and oxygen atoms in total. The van der Waals surface area contributed by atoms with E-state index in [0.717, 1.165) is 27.9 Å². The number of nitrogens with zero attached hydrogens (tertiary/aromatic N) is 1. The lowest BCUT2D eigenvalue weighted by molar-refractivity contribution is -0.118. The topological polar surface area (TPSA) is 62.1 Å². The molecular weight excluding hydrogens is 360 g/mol. The van der Waals surface area contributed by atoms with Crippen molar-refractivity contribution in [3.05, 3.63) is 95.1 Å². The van der Waals surface area contributed by atoms with Gasteiger partial charge in [-0.05, 0) is 55.3 Å². The molecule has 0 aliphatic rings. The van der Waals surface area contributed by atoms with Crippen LogP contribution in [-0.4, -0.2) is 12.5 Å². The van der Waals surface area contributed by atoms with Gasteiger partial charge in [0.25, 0.3) is 5.91 Å². The molecule has 0 spiro atoms. The lowest BCUT2D eigenvalue weighted by Crippen LogP contribution is -2.20. The summed E-state index contributed by atoms with van der Waals surface area (Å²) >= 11 is 0. The molecule has 0 aliphatic carbocycles. The fraction of sp³-hybridized carbons (Fsp3) is 0.120. The van der Waals surface area contributed by atoms with Gasteiger partial charge in [0, 0.05) is 5.69 Å². The van der Waals surface area contributed by atoms with E-state index in [4.69, 9.17) is 4.74 Å². The fourth-order valence-electron chi connectivity index (χ4n) is 2.72. The van der Waals surface area contributed by atoms with Crippen LogP contribution in [-0.2, 0) is 4.79 Å². The first-order valence-corrected chi connectivity index (χ1v) is 9.32. The number of amides is 1. The van der Waals surface area contributed by atoms with Gasteiger partial charge in [-0.2, -0.15) is 5.26 Å². The molecule has 0 aromatic heterocycles. The number of aryl methyl sites for hydroxylation is 2. The maximum Gasteiger partial charge on any atom is 0.262 e. The second-order valence-corrected chi connectivity index (χ2v) is 6.81. The van der Waals surface area contributed by atoms with Crippen LogP contribution in [0, 0.1) is 25.2 Å². The van der Waals surface area contributed by atoms with Crippen molar-refractivity contribution in [1.82, 2.24) is 0 Å². The zero-order chi connectivity index (χ0) is 20.6. The Morgan fingerprint density at radius 2 is 1.52 bits per heavy atom. The van der Waals surface area contributed by atoms with Crippen LogP contribution in [0.25, 0.3) is 11.6 Å². The van der Waals surface area contributed by atoms with Crippen molar-refractivity contribution in [2.24, 2.45) is 0 Å². The van der Waals surface area contributed by atoms with E-state index in [0.29, 0.717) is 11.3 Å². The monoisotopic (exact) mass is 382 g/mol. The van der Waals surface area contributed by atoms with Gasteiger partial charge >= 0.3 is 0 Å². The van der Waals surface area contributed by atoms with E-state index in [1.54, 1.807) is 12.1 Å². The van der Waals surface area contributed by atoms with E-state index in [2.05, 4.69) is 11.4 Å². The number of anilines is 1. The minimum atomic E-state index is -0.219. The zero-order valence-electron chi connectivity index (χ0n) is 16.5. The Bertz CT molecular complexity index is 1040. The molecule has 0 atom stereocenters. The lowest BCUT2D eigenvalue weighted by atomic mass is 10.0. The SMILES string of the molecule is Cc1ccc(NC(=O)COc2ccc(/C=C(/C#N)c3ccc(C)cc3)cc2)cc1. The van der Waals surface area contributed by atoms with Crippen LogP contribution in [0.1, 0.15) is 22.3 Å². The van der Waals surface area contributed by atoms with E-state index in [9.17, 15) is 10.1 Å². The summed E-state index contributed by atoms with van der Waals surface area (Å²) in [4.78, 5) is 12.0. The molecular formula is C25H22N2O2. The number of benzene rings is 3. The molecule has 3 rings (SSSR count). The van der Waals surface area contributed by atoms with E-state index in [-0.39, 0.29) is 12.5 Å². The van der Waals surface area contributed by atoms with Gasteiger partial charge in [-0.1, -0.05) is 59.7 Å². The standard InChI is InChI=1S/C25H22N2O2/c1-18-3-9-21(10-4-18)22(16-26)15-20-7-13-24(14-8-20)29-17-25(28)27-23-11-5-19(2)6-12-23/h3-15H,17H2,1-2H3,(H,27,28)/b22-15-. The Morgan fingerprint density at radius 3 is 2.10 bits per heavy atom. The lowest BCUT2D eigenvalue weighted by Gasteiger charge is -2.08. The van der Waals surface area contributed by atoms with Gasteiger partial charge < -0.3 is 10.1 Å². The number of hydrogen-bond acceptors (Lipinski definition) is 3. The summed E-state index contributed by atoms with van der Waals surface area (Å²) in [6.07, 6.45) is 1.83. The smallest absolute Gasteiger partial charge is 0.262 e. The Labute approximate surface area is 171 Å². The molecule has 1 amide bonds. The predicted molar refractivity (Wildman–Crippen MR) is 116 cm³/mol. The third-order valence-electron chi connectivity index (χ3n) is 4.38. The molecule has 0 heterocycles. The van der Waals surface area contributed by atoms with Crippen molar-refractivity contribution in [2.45, 2.75) is 13.8 Å². The predicted octanol–water partition coefficient (Wildman–Crippen LogP) is 5.39. The third-order valence-corrected chi connectivity index (χ3v) is 4.38. The number of allylic oxidation sites excluding steroid dienone is 1. The van der Waals surface area contributed by atoms with Gasteiger partial charge in [0.2, 0.25) is 0 Å². The summed E-state index contributed by atoms with van der Waals surface area (Å²) < 4.78 is 5.55. The highest BCUT2D eigenvalue weighted by molar-refractivity contribution is 5.92. The number of carbonyl (C=O) groups is 1. The van der Waals surface area contributed by atoms with Gasteiger partial charge in [0.05, 0.1) is 11.6 Å². The summed E-state index contributed by atoms with van der Waals surface area (Å²) in [7, 11) is 0. The molecule has 0 saturated heterocycles. The second kappa shape index (κ2) is 9.38. The van der Waals surface area contributed by atoms with Crippen LogP contribution in [0.15, 0.2) is 72.8 Å². The van der Waals surface area contributed by atoms with Crippen molar-refractivity contribution in [3.8, 4) is 11.8 Å². The highest BCUT2D eigenvalue weighted by atomic mass is 16.5. The summed E-state index contributed by atoms with van der Waals surface area (Å²) in [6.45, 7) is 3.93. The molecule has 0 fully saturated rings. The van der Waals surface area contributed by atoms with E-state index < -0.39 is 0 Å². The van der Waals surface area contributed by atoms with Crippen LogP contribution in [0.3, 0.4) is 0 Å². The number of nitriles is 1. The number of nitrogens with one attached hydrogen (secondary N) is 1. The molecule has 0 saturated carbocycles. The Morgan fingerprint density at radius 1 is 0.931 bits per heavy atom. The van der Waals surface area contributed by atoms with Gasteiger partial charge in [-0.15, -0.1) is 0 Å². The largest absolute Gasteiger partial charge is 0.484 e. The first-order chi connectivity index (χ1) is 14.0. The van der Waals surface area contributed by atoms with Crippen molar-refractivity contribution in [2.75, 3.05) is 11.9 Å². The number of rotatable bonds is 6. The van der Waals surface area contributed by atoms with Crippen LogP contribution in [0.5, 0.6) is 5.75 Å². The van der Waals surface area contributed by atoms with Crippen LogP contribution < -0.4 is 10.1 Å². The average Bonchev–Trinajstić information content (AvgIpc) is 2.74. The summed E-state index contributed by atoms with van der Waals surface area (Å²) in [6, 6.07) is 25.0. The van der Waals surface area contributed by atoms with E-state index >= 15 is 0 Å². The molecule has 0 bridgehead atoms. The molecule has 0 aliphatic heterocycles. The third kappa shape index (κ3) is 5.82. The summed E-state index contributed by atoms with van der Waals surface area (Å²) in [5, 5.41) is 12.3. The van der Waals surface area contributed by atoms with Crippen LogP contribution >= 0.6 is 0 Å². The first-order valence-electron chi connectivity index (χ1n) is 9.32. The molecule has 144 valence electrons. The van der Waals surface area contributed by atoms with Gasteiger partial charge in [-0.3, -0.25) is 4.79 Å². The normalized spacial score (nSPS) is 10.9. The molecule has 4 heteroatoms. The molecule has 3 aromatic carbocycles. The van der Waals surface area contributed by atoms with Crippen molar-refractivity contribution >= 4 is 23.2 Å². The van der Waals surface area contributed by atoms with Gasteiger partial charge in [0.1, 0.15) is 5.75 Å². The van der Waals surface area contributed by atoms with Gasteiger partial charge in [0.15, 0.2) is 6.61 Å². The highest BCUT2D eigenvalue weighted by Gasteiger charge is 2.05. The van der Waals surface area contributed by atoms with Crippen molar-refractivity contribution in [1.29, 1.82) is 5.26 Å². The highest BCUT2D eigenvalue weighted by Crippen LogP contribution is 2.20. The Balaban J connectivity index is 1.59. The summed E-state index contributed by atoms with van der Waals surface area (Å²) in [5.41, 5.74) is 5.39. The fourth-order valence-corrected chi connectivity index (χ4v) is 2.72. The number of ether oxygens (including phenoxy) is 1.